The molecular formula is C10H16O3. The number of carbonyl (C=O) groups excluding carboxylic acids is 1. The van der Waals surface area contributed by atoms with Gasteiger partial charge in [-0.05, 0) is 18.4 Å². The smallest absolute Gasteiger partial charge is 0.332 e. The molecule has 0 amide bonds. The number of aliphatic hydroxyl groups excluding tert-OH is 1. The molecule has 0 aromatic carbocycles. The molecule has 1 aliphatic rings. The van der Waals surface area contributed by atoms with E-state index in [4.69, 9.17) is 9.84 Å². The minimum absolute atomic E-state index is 0. The van der Waals surface area contributed by atoms with Crippen molar-refractivity contribution >= 4 is 5.97 Å². The van der Waals surface area contributed by atoms with E-state index in [1.165, 1.54) is 0 Å². The first-order valence-corrected chi connectivity index (χ1v) is 3.95. The largest absolute Gasteiger partial charge is 0.459 e. The summed E-state index contributed by atoms with van der Waals surface area (Å²) in [6.07, 6.45) is 8.07. The third-order valence-electron chi connectivity index (χ3n) is 1.60. The molecule has 0 spiro atoms. The second-order valence-electron chi connectivity index (χ2n) is 2.58. The highest BCUT2D eigenvalue weighted by Crippen LogP contribution is 2.09. The number of rotatable bonds is 3. The zero-order valence-electron chi connectivity index (χ0n) is 6.82. The molecule has 1 rings (SSSR count). The Kier molecular flexibility index (Phi) is 5.89. The van der Waals surface area contributed by atoms with Crippen molar-refractivity contribution in [2.75, 3.05) is 13.2 Å². The molecule has 0 aromatic heterocycles. The summed E-state index contributed by atoms with van der Waals surface area (Å²) in [5.41, 5.74) is 1.00. The van der Waals surface area contributed by atoms with Crippen LogP contribution in [-0.4, -0.2) is 24.3 Å². The fourth-order valence-corrected chi connectivity index (χ4v) is 0.984. The van der Waals surface area contributed by atoms with Gasteiger partial charge in [-0.25, -0.2) is 4.79 Å². The van der Waals surface area contributed by atoms with Gasteiger partial charge in [0.15, 0.2) is 0 Å². The summed E-state index contributed by atoms with van der Waals surface area (Å²) < 4.78 is 4.72. The SMILES string of the molecule is C.O=C(CO)OCC1=CCCC=C1. The van der Waals surface area contributed by atoms with Crippen molar-refractivity contribution in [1.82, 2.24) is 0 Å². The summed E-state index contributed by atoms with van der Waals surface area (Å²) in [5.74, 6) is -0.574. The van der Waals surface area contributed by atoms with Gasteiger partial charge in [0.25, 0.3) is 0 Å². The van der Waals surface area contributed by atoms with Gasteiger partial charge in [0, 0.05) is 0 Å². The molecule has 0 heterocycles. The third-order valence-corrected chi connectivity index (χ3v) is 1.60. The zero-order chi connectivity index (χ0) is 8.81. The van der Waals surface area contributed by atoms with E-state index in [0.29, 0.717) is 0 Å². The van der Waals surface area contributed by atoms with Crippen molar-refractivity contribution in [2.45, 2.75) is 20.3 Å². The Balaban J connectivity index is 0.00000144. The van der Waals surface area contributed by atoms with Crippen LogP contribution in [0.4, 0.5) is 0 Å². The summed E-state index contributed by atoms with van der Waals surface area (Å²) in [4.78, 5) is 10.5. The van der Waals surface area contributed by atoms with Crippen molar-refractivity contribution < 1.29 is 14.6 Å². The van der Waals surface area contributed by atoms with Crippen LogP contribution in [0, 0.1) is 0 Å². The van der Waals surface area contributed by atoms with E-state index < -0.39 is 12.6 Å². The Hall–Kier alpha value is -1.09. The second-order valence-corrected chi connectivity index (χ2v) is 2.58. The Labute approximate surface area is 78.7 Å². The lowest BCUT2D eigenvalue weighted by Gasteiger charge is -2.06. The molecular weight excluding hydrogens is 168 g/mol. The van der Waals surface area contributed by atoms with Crippen LogP contribution in [-0.2, 0) is 9.53 Å². The predicted octanol–water partition coefficient (Wildman–Crippen LogP) is 1.43. The third kappa shape index (κ3) is 4.48. The van der Waals surface area contributed by atoms with E-state index in [9.17, 15) is 4.79 Å². The standard InChI is InChI=1S/C9H12O3.CH4/c10-6-9(11)12-7-8-4-2-1-3-5-8;/h2,4-5,10H,1,3,6-7H2;1H4. The molecule has 0 radical (unpaired) electrons. The predicted molar refractivity (Wildman–Crippen MR) is 51.2 cm³/mol. The first-order valence-electron chi connectivity index (χ1n) is 3.95. The van der Waals surface area contributed by atoms with E-state index in [1.54, 1.807) is 0 Å². The summed E-state index contributed by atoms with van der Waals surface area (Å²) in [7, 11) is 0. The Bertz CT molecular complexity index is 216. The lowest BCUT2D eigenvalue weighted by Crippen LogP contribution is -2.11. The molecule has 0 bridgehead atoms. The van der Waals surface area contributed by atoms with Gasteiger partial charge < -0.3 is 9.84 Å². The van der Waals surface area contributed by atoms with Gasteiger partial charge >= 0.3 is 5.97 Å². The molecule has 3 heteroatoms. The van der Waals surface area contributed by atoms with Gasteiger partial charge in [0.2, 0.25) is 0 Å². The number of hydrogen-bond acceptors (Lipinski definition) is 3. The number of ether oxygens (including phenoxy) is 1. The fourth-order valence-electron chi connectivity index (χ4n) is 0.984. The molecule has 0 unspecified atom stereocenters. The molecule has 3 nitrogen and oxygen atoms in total. The maximum absolute atomic E-state index is 10.5. The molecule has 1 N–H and O–H groups in total. The first kappa shape index (κ1) is 11.9. The molecule has 74 valence electrons. The highest BCUT2D eigenvalue weighted by molar-refractivity contribution is 5.70. The van der Waals surface area contributed by atoms with E-state index >= 15 is 0 Å². The maximum Gasteiger partial charge on any atom is 0.332 e. The minimum Gasteiger partial charge on any atom is -0.459 e. The zero-order valence-corrected chi connectivity index (χ0v) is 6.82. The average molecular weight is 184 g/mol. The maximum atomic E-state index is 10.5. The molecule has 0 atom stereocenters. The van der Waals surface area contributed by atoms with Crippen LogP contribution in [0.25, 0.3) is 0 Å². The monoisotopic (exact) mass is 184 g/mol. The lowest BCUT2D eigenvalue weighted by atomic mass is 10.1. The molecule has 0 saturated carbocycles. The highest BCUT2D eigenvalue weighted by Gasteiger charge is 2.01. The van der Waals surface area contributed by atoms with E-state index in [2.05, 4.69) is 0 Å². The van der Waals surface area contributed by atoms with Gasteiger partial charge in [0.05, 0.1) is 0 Å². The molecule has 1 aliphatic carbocycles. The van der Waals surface area contributed by atoms with E-state index in [1.807, 2.05) is 18.2 Å². The highest BCUT2D eigenvalue weighted by atomic mass is 16.5. The van der Waals surface area contributed by atoms with Gasteiger partial charge in [-0.3, -0.25) is 0 Å². The number of aliphatic hydroxyl groups is 1. The number of allylic oxidation sites excluding steroid dienone is 2. The normalized spacial score (nSPS) is 14.4. The summed E-state index contributed by atoms with van der Waals surface area (Å²) >= 11 is 0. The molecule has 0 aromatic rings. The van der Waals surface area contributed by atoms with E-state index in [-0.39, 0.29) is 14.0 Å². The molecule has 0 saturated heterocycles. The summed E-state index contributed by atoms with van der Waals surface area (Å²) in [6.45, 7) is -0.271. The fraction of sp³-hybridized carbons (Fsp3) is 0.500. The van der Waals surface area contributed by atoms with Crippen LogP contribution in [0.2, 0.25) is 0 Å². The van der Waals surface area contributed by atoms with Crippen LogP contribution in [0.5, 0.6) is 0 Å². The Morgan fingerprint density at radius 1 is 1.54 bits per heavy atom. The summed E-state index contributed by atoms with van der Waals surface area (Å²) in [5, 5.41) is 8.35. The van der Waals surface area contributed by atoms with Crippen molar-refractivity contribution in [1.29, 1.82) is 0 Å². The van der Waals surface area contributed by atoms with Crippen LogP contribution >= 0.6 is 0 Å². The van der Waals surface area contributed by atoms with Crippen LogP contribution in [0.3, 0.4) is 0 Å². The van der Waals surface area contributed by atoms with E-state index in [0.717, 1.165) is 18.4 Å². The average Bonchev–Trinajstić information content (AvgIpc) is 2.16. The molecule has 0 fully saturated rings. The molecule has 0 aliphatic heterocycles. The van der Waals surface area contributed by atoms with Crippen LogP contribution in [0.1, 0.15) is 20.3 Å². The Morgan fingerprint density at radius 2 is 2.31 bits per heavy atom. The van der Waals surface area contributed by atoms with Crippen molar-refractivity contribution in [3.63, 3.8) is 0 Å². The van der Waals surface area contributed by atoms with Crippen LogP contribution in [0.15, 0.2) is 23.8 Å². The topological polar surface area (TPSA) is 46.5 Å². The van der Waals surface area contributed by atoms with Crippen LogP contribution < -0.4 is 0 Å². The van der Waals surface area contributed by atoms with Gasteiger partial charge in [0.1, 0.15) is 13.2 Å². The van der Waals surface area contributed by atoms with Crippen molar-refractivity contribution in [3.05, 3.63) is 23.8 Å². The van der Waals surface area contributed by atoms with Gasteiger partial charge in [-0.15, -0.1) is 0 Å². The van der Waals surface area contributed by atoms with Crippen molar-refractivity contribution in [2.24, 2.45) is 0 Å². The molecule has 13 heavy (non-hydrogen) atoms. The van der Waals surface area contributed by atoms with Gasteiger partial charge in [-0.1, -0.05) is 25.7 Å². The minimum atomic E-state index is -0.574. The number of carbonyl (C=O) groups is 1. The second kappa shape index (κ2) is 6.43. The Morgan fingerprint density at radius 3 is 2.85 bits per heavy atom. The summed E-state index contributed by atoms with van der Waals surface area (Å²) in [6, 6.07) is 0. The number of esters is 1. The lowest BCUT2D eigenvalue weighted by molar-refractivity contribution is -0.145. The first-order chi connectivity index (χ1) is 5.83. The quantitative estimate of drug-likeness (QED) is 0.675. The van der Waals surface area contributed by atoms with Crippen molar-refractivity contribution in [3.8, 4) is 0 Å². The van der Waals surface area contributed by atoms with Gasteiger partial charge in [-0.2, -0.15) is 0 Å². The number of hydrogen-bond donors (Lipinski definition) is 1.